The summed E-state index contributed by atoms with van der Waals surface area (Å²) in [4.78, 5) is 17.3. The topological polar surface area (TPSA) is 72.3 Å². The average Bonchev–Trinajstić information content (AvgIpc) is 3.34. The largest absolute Gasteiger partial charge is 0.314 e. The molecule has 1 aliphatic heterocycles. The van der Waals surface area contributed by atoms with Gasteiger partial charge in [0.05, 0.1) is 29.1 Å². The first-order chi connectivity index (χ1) is 13.0. The molecule has 1 atom stereocenters. The van der Waals surface area contributed by atoms with Crippen molar-refractivity contribution in [2.24, 2.45) is 5.92 Å². The Labute approximate surface area is 162 Å². The average molecular weight is 402 g/mol. The van der Waals surface area contributed by atoms with Crippen LogP contribution >= 0.6 is 11.9 Å². The van der Waals surface area contributed by atoms with Crippen molar-refractivity contribution < 1.29 is 13.2 Å². The monoisotopic (exact) mass is 401 g/mol. The first-order valence-corrected chi connectivity index (χ1v) is 11.2. The second-order valence-corrected chi connectivity index (χ2v) is 9.55. The van der Waals surface area contributed by atoms with E-state index in [9.17, 15) is 13.2 Å². The minimum absolute atomic E-state index is 0.0184. The lowest BCUT2D eigenvalue weighted by molar-refractivity contribution is 0.0942. The third-order valence-electron chi connectivity index (χ3n) is 4.73. The highest BCUT2D eigenvalue weighted by Crippen LogP contribution is 2.34. The molecule has 1 unspecified atom stereocenters. The van der Waals surface area contributed by atoms with Crippen LogP contribution in [0.25, 0.3) is 10.9 Å². The molecule has 2 aromatic heterocycles. The molecular formula is C19H19N3O3S2. The number of ketones is 1. The Morgan fingerprint density at radius 1 is 1.26 bits per heavy atom. The zero-order valence-corrected chi connectivity index (χ0v) is 16.4. The number of carbonyl (C=O) groups is 1. The van der Waals surface area contributed by atoms with Crippen molar-refractivity contribution in [1.29, 1.82) is 0 Å². The Morgan fingerprint density at radius 2 is 2.07 bits per heavy atom. The van der Waals surface area contributed by atoms with E-state index in [0.29, 0.717) is 28.8 Å². The van der Waals surface area contributed by atoms with Gasteiger partial charge in [0.2, 0.25) is 10.0 Å². The maximum Gasteiger partial charge on any atom is 0.238 e. The Balaban J connectivity index is 1.68. The second kappa shape index (κ2) is 7.01. The predicted molar refractivity (Wildman–Crippen MR) is 109 cm³/mol. The third-order valence-corrected chi connectivity index (χ3v) is 7.58. The number of rotatable bonds is 5. The van der Waals surface area contributed by atoms with E-state index in [1.54, 1.807) is 43.4 Å². The number of anilines is 1. The van der Waals surface area contributed by atoms with E-state index in [0.717, 1.165) is 5.69 Å². The molecule has 1 saturated heterocycles. The van der Waals surface area contributed by atoms with E-state index in [2.05, 4.69) is 9.29 Å². The molecule has 8 heteroatoms. The molecule has 3 heterocycles. The number of hydrogen-bond acceptors (Lipinski definition) is 6. The summed E-state index contributed by atoms with van der Waals surface area (Å²) in [5, 5.41) is 0.685. The maximum atomic E-state index is 13.2. The van der Waals surface area contributed by atoms with Gasteiger partial charge in [0.1, 0.15) is 0 Å². The van der Waals surface area contributed by atoms with Crippen molar-refractivity contribution in [3.8, 4) is 0 Å². The normalized spacial score (nSPS) is 17.5. The van der Waals surface area contributed by atoms with Gasteiger partial charge in [-0.1, -0.05) is 18.2 Å². The third kappa shape index (κ3) is 3.23. The number of fused-ring (bicyclic) bond motifs is 1. The fourth-order valence-electron chi connectivity index (χ4n) is 3.26. The lowest BCUT2D eigenvalue weighted by Gasteiger charge is -2.15. The van der Waals surface area contributed by atoms with Crippen LogP contribution in [-0.4, -0.2) is 41.2 Å². The smallest absolute Gasteiger partial charge is 0.238 e. The van der Waals surface area contributed by atoms with Crippen molar-refractivity contribution in [2.75, 3.05) is 22.4 Å². The summed E-state index contributed by atoms with van der Waals surface area (Å²) in [6.45, 7) is 2.18. The van der Waals surface area contributed by atoms with E-state index in [4.69, 9.17) is 0 Å². The van der Waals surface area contributed by atoms with Gasteiger partial charge in [-0.15, -0.1) is 0 Å². The first-order valence-electron chi connectivity index (χ1n) is 8.69. The van der Waals surface area contributed by atoms with Crippen molar-refractivity contribution in [3.63, 3.8) is 0 Å². The van der Waals surface area contributed by atoms with Crippen LogP contribution in [0.5, 0.6) is 0 Å². The Morgan fingerprint density at radius 3 is 2.81 bits per heavy atom. The van der Waals surface area contributed by atoms with Gasteiger partial charge in [0.15, 0.2) is 5.78 Å². The van der Waals surface area contributed by atoms with Gasteiger partial charge in [-0.2, -0.15) is 0 Å². The number of carbonyl (C=O) groups excluding carboxylic acids is 1. The molecule has 0 spiro atoms. The number of nitrogens with zero attached hydrogens (tertiary/aromatic N) is 3. The Bertz CT molecular complexity index is 1090. The second-order valence-electron chi connectivity index (χ2n) is 6.39. The zero-order chi connectivity index (χ0) is 19.0. The fraction of sp³-hybridized carbons (Fsp3) is 0.263. The highest BCUT2D eigenvalue weighted by atomic mass is 32.2. The van der Waals surface area contributed by atoms with E-state index in [-0.39, 0.29) is 17.5 Å². The highest BCUT2D eigenvalue weighted by Gasteiger charge is 2.32. The summed E-state index contributed by atoms with van der Waals surface area (Å²) in [5.74, 6) is 0.426. The first kappa shape index (κ1) is 18.1. The summed E-state index contributed by atoms with van der Waals surface area (Å²) >= 11 is 1.60. The summed E-state index contributed by atoms with van der Waals surface area (Å²) in [7, 11) is -3.47. The Kier molecular flexibility index (Phi) is 4.69. The standard InChI is InChI=1S/C19H19N3O3S2/c1-2-27(24,25)22-12-17(16-7-3-4-8-18(16)22)19(23)14-11-21(26-13-14)15-6-5-9-20-10-15/h3-10,12,14H,2,11,13H2,1H3. The van der Waals surface area contributed by atoms with Gasteiger partial charge in [0, 0.05) is 35.6 Å². The van der Waals surface area contributed by atoms with Gasteiger partial charge in [-0.05, 0) is 37.1 Å². The molecule has 0 aliphatic carbocycles. The van der Waals surface area contributed by atoms with Crippen LogP contribution in [0, 0.1) is 5.92 Å². The number of pyridine rings is 1. The number of aromatic nitrogens is 2. The summed E-state index contributed by atoms with van der Waals surface area (Å²) < 4.78 is 28.2. The number of hydrogen-bond donors (Lipinski definition) is 0. The molecule has 27 heavy (non-hydrogen) atoms. The summed E-state index contributed by atoms with van der Waals surface area (Å²) in [6, 6.07) is 11.0. The highest BCUT2D eigenvalue weighted by molar-refractivity contribution is 8.01. The minimum atomic E-state index is -3.47. The van der Waals surface area contributed by atoms with Crippen LogP contribution in [0.3, 0.4) is 0 Å². The van der Waals surface area contributed by atoms with E-state index >= 15 is 0 Å². The molecule has 0 N–H and O–H groups in total. The van der Waals surface area contributed by atoms with Crippen LogP contribution in [0.4, 0.5) is 5.69 Å². The van der Waals surface area contributed by atoms with Crippen LogP contribution in [0.1, 0.15) is 17.3 Å². The lowest BCUT2D eigenvalue weighted by atomic mass is 9.98. The van der Waals surface area contributed by atoms with Crippen LogP contribution in [0.2, 0.25) is 0 Å². The molecule has 1 aliphatic rings. The van der Waals surface area contributed by atoms with Gasteiger partial charge in [-0.3, -0.25) is 9.78 Å². The molecule has 0 radical (unpaired) electrons. The van der Waals surface area contributed by atoms with E-state index in [1.807, 2.05) is 24.3 Å². The predicted octanol–water partition coefficient (Wildman–Crippen LogP) is 3.20. The summed E-state index contributed by atoms with van der Waals surface area (Å²) in [5.41, 5.74) is 1.99. The molecule has 3 aromatic rings. The van der Waals surface area contributed by atoms with Crippen molar-refractivity contribution in [3.05, 3.63) is 60.6 Å². The Hall–Kier alpha value is -2.32. The minimum Gasteiger partial charge on any atom is -0.314 e. The molecule has 140 valence electrons. The van der Waals surface area contributed by atoms with Crippen molar-refractivity contribution >= 4 is 44.3 Å². The SMILES string of the molecule is CCS(=O)(=O)n1cc(C(=O)C2CSN(c3cccnc3)C2)c2ccccc21. The zero-order valence-electron chi connectivity index (χ0n) is 14.8. The maximum absolute atomic E-state index is 13.2. The lowest BCUT2D eigenvalue weighted by Crippen LogP contribution is -2.22. The van der Waals surface area contributed by atoms with Gasteiger partial charge >= 0.3 is 0 Å². The molecule has 1 fully saturated rings. The number of benzene rings is 1. The van der Waals surface area contributed by atoms with Crippen molar-refractivity contribution in [2.45, 2.75) is 6.92 Å². The van der Waals surface area contributed by atoms with Gasteiger partial charge < -0.3 is 4.31 Å². The molecule has 0 saturated carbocycles. The van der Waals surface area contributed by atoms with Gasteiger partial charge in [0.25, 0.3) is 0 Å². The van der Waals surface area contributed by atoms with Crippen LogP contribution in [-0.2, 0) is 10.0 Å². The molecule has 4 rings (SSSR count). The quantitative estimate of drug-likeness (QED) is 0.483. The number of Topliss-reactive ketones (excluding diaryl/α,β-unsaturated/α-hetero) is 1. The number of para-hydroxylation sites is 1. The summed E-state index contributed by atoms with van der Waals surface area (Å²) in [6.07, 6.45) is 4.98. The molecule has 1 aromatic carbocycles. The molecule has 0 amide bonds. The van der Waals surface area contributed by atoms with E-state index < -0.39 is 10.0 Å². The molecule has 0 bridgehead atoms. The fourth-order valence-corrected chi connectivity index (χ4v) is 5.42. The van der Waals surface area contributed by atoms with Crippen LogP contribution < -0.4 is 4.31 Å². The molecular weight excluding hydrogens is 382 g/mol. The van der Waals surface area contributed by atoms with Crippen LogP contribution in [0.15, 0.2) is 55.0 Å². The van der Waals surface area contributed by atoms with E-state index in [1.165, 1.54) is 10.2 Å². The molecule has 6 nitrogen and oxygen atoms in total. The van der Waals surface area contributed by atoms with Gasteiger partial charge in [-0.25, -0.2) is 12.4 Å². The van der Waals surface area contributed by atoms with Crippen molar-refractivity contribution in [1.82, 2.24) is 8.96 Å².